The smallest absolute Gasteiger partial charge is 0.198 e. The van der Waals surface area contributed by atoms with Gasteiger partial charge in [-0.1, -0.05) is 77.9 Å². The minimum absolute atomic E-state index is 0.0280. The van der Waals surface area contributed by atoms with Gasteiger partial charge in [0.15, 0.2) is 5.69 Å². The third-order valence-corrected chi connectivity index (χ3v) is 6.67. The van der Waals surface area contributed by atoms with Crippen LogP contribution in [0, 0.1) is 13.8 Å². The minimum Gasteiger partial charge on any atom is -0.198 e. The Morgan fingerprint density at radius 1 is 0.774 bits per heavy atom. The van der Waals surface area contributed by atoms with Crippen LogP contribution in [0.1, 0.15) is 65.3 Å². The summed E-state index contributed by atoms with van der Waals surface area (Å²) in [5.41, 5.74) is 7.44. The first-order valence-corrected chi connectivity index (χ1v) is 11.3. The van der Waals surface area contributed by atoms with Crippen molar-refractivity contribution in [2.45, 2.75) is 66.2 Å². The van der Waals surface area contributed by atoms with Crippen LogP contribution in [-0.4, -0.2) is 0 Å². The highest BCUT2D eigenvalue weighted by molar-refractivity contribution is 6.00. The summed E-state index contributed by atoms with van der Waals surface area (Å²) in [6.07, 6.45) is 0. The lowest BCUT2D eigenvalue weighted by molar-refractivity contribution is -0.665. The maximum Gasteiger partial charge on any atom is 0.220 e. The fraction of sp³-hybridized carbons (Fsp3) is 0.367. The van der Waals surface area contributed by atoms with Crippen LogP contribution < -0.4 is 4.57 Å². The van der Waals surface area contributed by atoms with Gasteiger partial charge in [0.2, 0.25) is 5.69 Å². The highest BCUT2D eigenvalue weighted by atomic mass is 14.9. The Morgan fingerprint density at radius 3 is 2.03 bits per heavy atom. The largest absolute Gasteiger partial charge is 0.220 e. The van der Waals surface area contributed by atoms with Gasteiger partial charge < -0.3 is 0 Å². The Morgan fingerprint density at radius 2 is 1.42 bits per heavy atom. The average molecular weight is 412 g/mol. The lowest BCUT2D eigenvalue weighted by Gasteiger charge is -2.24. The van der Waals surface area contributed by atoms with Gasteiger partial charge in [0.1, 0.15) is 7.05 Å². The van der Waals surface area contributed by atoms with E-state index < -0.39 is 0 Å². The lowest BCUT2D eigenvalue weighted by atomic mass is 9.80. The van der Waals surface area contributed by atoms with Crippen molar-refractivity contribution in [1.82, 2.24) is 0 Å². The molecule has 1 heterocycles. The van der Waals surface area contributed by atoms with Crippen molar-refractivity contribution in [1.29, 1.82) is 0 Å². The molecule has 0 amide bonds. The van der Waals surface area contributed by atoms with Gasteiger partial charge in [0.25, 0.3) is 0 Å². The second-order valence-corrected chi connectivity index (χ2v) is 11.0. The number of fused-ring (bicyclic) bond motifs is 2. The topological polar surface area (TPSA) is 3.88 Å². The van der Waals surface area contributed by atoms with E-state index in [1.54, 1.807) is 0 Å². The monoisotopic (exact) mass is 411 g/mol. The van der Waals surface area contributed by atoms with Gasteiger partial charge in [-0.3, -0.25) is 0 Å². The molecule has 31 heavy (non-hydrogen) atoms. The van der Waals surface area contributed by atoms with E-state index in [9.17, 15) is 0 Å². The molecule has 1 aromatic heterocycles. The molecular formula is C30H36N+. The average Bonchev–Trinajstić information content (AvgIpc) is 2.72. The van der Waals surface area contributed by atoms with Gasteiger partial charge in [-0.2, -0.15) is 4.57 Å². The molecule has 0 aliphatic carbocycles. The molecule has 0 fully saturated rings. The highest BCUT2D eigenvalue weighted by Crippen LogP contribution is 2.39. The second-order valence-electron chi connectivity index (χ2n) is 11.0. The molecule has 0 aliphatic rings. The van der Waals surface area contributed by atoms with Crippen molar-refractivity contribution >= 4 is 21.5 Å². The molecule has 0 saturated carbocycles. The fourth-order valence-corrected chi connectivity index (χ4v) is 4.66. The molecule has 1 nitrogen and oxygen atoms in total. The number of hydrogen-bond donors (Lipinski definition) is 0. The summed E-state index contributed by atoms with van der Waals surface area (Å²) in [6, 6.07) is 18.5. The maximum atomic E-state index is 8.89. The Labute approximate surface area is 189 Å². The molecule has 0 unspecified atom stereocenters. The van der Waals surface area contributed by atoms with Crippen LogP contribution in [0.3, 0.4) is 0 Å². The van der Waals surface area contributed by atoms with E-state index >= 15 is 0 Å². The molecule has 0 spiro atoms. The zero-order valence-corrected chi connectivity index (χ0v) is 20.6. The summed E-state index contributed by atoms with van der Waals surface area (Å²) in [7, 11) is 2.10. The molecule has 0 bridgehead atoms. The van der Waals surface area contributed by atoms with Crippen molar-refractivity contribution in [3.8, 4) is 11.3 Å². The lowest BCUT2D eigenvalue weighted by Crippen LogP contribution is -2.35. The van der Waals surface area contributed by atoms with Gasteiger partial charge in [0.05, 0.1) is 12.3 Å². The fourth-order valence-electron chi connectivity index (χ4n) is 4.66. The Kier molecular flexibility index (Phi) is 4.70. The van der Waals surface area contributed by atoms with E-state index in [0.717, 1.165) is 16.5 Å². The molecule has 0 atom stereocenters. The highest BCUT2D eigenvalue weighted by Gasteiger charge is 2.26. The Hall–Kier alpha value is -2.67. The molecule has 0 aliphatic heterocycles. The number of pyridine rings is 1. The third kappa shape index (κ3) is 3.65. The van der Waals surface area contributed by atoms with Gasteiger partial charge in [-0.15, -0.1) is 0 Å². The van der Waals surface area contributed by atoms with E-state index in [4.69, 9.17) is 1.37 Å². The molecule has 0 saturated heterocycles. The van der Waals surface area contributed by atoms with Crippen LogP contribution in [0.15, 0.2) is 54.6 Å². The van der Waals surface area contributed by atoms with Crippen LogP contribution >= 0.6 is 0 Å². The SMILES string of the molecule is [2H]c1c(C)[n+](C)c(-c2cc(C(C)(C)C)c3ccccc3c2C)c2ccc(C(C)(C)C)cc12. The van der Waals surface area contributed by atoms with Crippen molar-refractivity contribution < 1.29 is 5.94 Å². The van der Waals surface area contributed by atoms with Crippen LogP contribution in [0.25, 0.3) is 32.8 Å². The molecule has 160 valence electrons. The van der Waals surface area contributed by atoms with E-state index in [1.807, 2.05) is 0 Å². The molecular weight excluding hydrogens is 374 g/mol. The quantitative estimate of drug-likeness (QED) is 0.283. The zero-order chi connectivity index (χ0) is 23.6. The minimum atomic E-state index is 0.0280. The first kappa shape index (κ1) is 20.2. The van der Waals surface area contributed by atoms with E-state index in [0.29, 0.717) is 6.04 Å². The second kappa shape index (κ2) is 7.19. The summed E-state index contributed by atoms with van der Waals surface area (Å²) < 4.78 is 11.1. The van der Waals surface area contributed by atoms with E-state index in [1.165, 1.54) is 38.7 Å². The molecule has 1 heteroatoms. The zero-order valence-electron chi connectivity index (χ0n) is 21.6. The van der Waals surface area contributed by atoms with Crippen molar-refractivity contribution in [2.75, 3.05) is 0 Å². The number of rotatable bonds is 1. The van der Waals surface area contributed by atoms with Gasteiger partial charge in [-0.25, -0.2) is 0 Å². The summed E-state index contributed by atoms with van der Waals surface area (Å²) in [6.45, 7) is 17.9. The van der Waals surface area contributed by atoms with Gasteiger partial charge in [-0.05, 0) is 62.7 Å². The molecule has 3 aromatic carbocycles. The van der Waals surface area contributed by atoms with Crippen molar-refractivity contribution in [2.24, 2.45) is 7.05 Å². The molecule has 4 rings (SSSR count). The molecule has 0 radical (unpaired) electrons. The summed E-state index contributed by atoms with van der Waals surface area (Å²) in [5.74, 6) is 0. The number of nitrogens with zero attached hydrogens (tertiary/aromatic N) is 1. The van der Waals surface area contributed by atoms with Crippen LogP contribution in [-0.2, 0) is 17.9 Å². The third-order valence-electron chi connectivity index (χ3n) is 6.67. The standard InChI is InChI=1S/C30H36N/c1-19-16-21-17-22(29(3,4)5)14-15-24(21)28(31(19)9)26-18-27(30(6,7)8)25-13-11-10-12-23(25)20(26)2/h10-18H,1-9H3/q+1/i16D. The summed E-state index contributed by atoms with van der Waals surface area (Å²) in [4.78, 5) is 0. The number of aryl methyl sites for hydroxylation is 1. The predicted molar refractivity (Wildman–Crippen MR) is 135 cm³/mol. The summed E-state index contributed by atoms with van der Waals surface area (Å²) in [5, 5.41) is 4.82. The first-order chi connectivity index (χ1) is 14.8. The van der Waals surface area contributed by atoms with Crippen LogP contribution in [0.4, 0.5) is 0 Å². The number of hydrogen-bond acceptors (Lipinski definition) is 0. The predicted octanol–water partition coefficient (Wildman–Crippen LogP) is 7.70. The van der Waals surface area contributed by atoms with Crippen LogP contribution in [0.2, 0.25) is 0 Å². The first-order valence-electron chi connectivity index (χ1n) is 11.8. The summed E-state index contributed by atoms with van der Waals surface area (Å²) >= 11 is 0. The van der Waals surface area contributed by atoms with Crippen molar-refractivity contribution in [3.63, 3.8) is 0 Å². The van der Waals surface area contributed by atoms with Crippen LogP contribution in [0.5, 0.6) is 0 Å². The normalized spacial score (nSPS) is 13.1. The van der Waals surface area contributed by atoms with Crippen molar-refractivity contribution in [3.05, 3.63) is 77.0 Å². The molecule has 4 aromatic rings. The number of aromatic nitrogens is 1. The number of benzene rings is 3. The van der Waals surface area contributed by atoms with Gasteiger partial charge in [0, 0.05) is 13.0 Å². The molecule has 0 N–H and O–H groups in total. The van der Waals surface area contributed by atoms with Gasteiger partial charge >= 0.3 is 0 Å². The van der Waals surface area contributed by atoms with E-state index in [2.05, 4.69) is 116 Å². The Bertz CT molecular complexity index is 1360. The maximum absolute atomic E-state index is 8.89. The Balaban J connectivity index is 2.18. The van der Waals surface area contributed by atoms with E-state index in [-0.39, 0.29) is 10.8 Å².